The Morgan fingerprint density at radius 2 is 1.75 bits per heavy atom. The molecule has 0 aliphatic rings. The number of Topliss-reactive ketones (excluding diaryl/α,β-unsaturated/α-hetero) is 1. The van der Waals surface area contributed by atoms with Crippen molar-refractivity contribution in [2.45, 2.75) is 25.5 Å². The lowest BCUT2D eigenvalue weighted by atomic mass is 10.2. The Morgan fingerprint density at radius 3 is 2.29 bits per heavy atom. The predicted octanol–water partition coefficient (Wildman–Crippen LogP) is 2.91. The van der Waals surface area contributed by atoms with Gasteiger partial charge in [-0.25, -0.2) is 8.42 Å². The summed E-state index contributed by atoms with van der Waals surface area (Å²) < 4.78 is 23.1. The second-order valence-electron chi connectivity index (χ2n) is 5.55. The molecule has 5 nitrogen and oxygen atoms in total. The van der Waals surface area contributed by atoms with Gasteiger partial charge in [-0.3, -0.25) is 9.59 Å². The predicted molar refractivity (Wildman–Crippen MR) is 98.6 cm³/mol. The Labute approximate surface area is 149 Å². The molecule has 0 aliphatic heterocycles. The molecule has 1 atom stereocenters. The molecule has 0 aromatic carbocycles. The van der Waals surface area contributed by atoms with E-state index in [4.69, 9.17) is 0 Å². The number of amides is 1. The first-order valence-electron chi connectivity index (χ1n) is 7.32. The van der Waals surface area contributed by atoms with Crippen LogP contribution in [0.15, 0.2) is 24.3 Å². The van der Waals surface area contributed by atoms with Gasteiger partial charge < -0.3 is 5.32 Å². The van der Waals surface area contributed by atoms with Gasteiger partial charge in [-0.05, 0) is 44.5 Å². The van der Waals surface area contributed by atoms with Crippen LogP contribution in [-0.2, 0) is 14.6 Å². The number of carbonyl (C=O) groups is 2. The monoisotopic (exact) mass is 385 g/mol. The molecular formula is C16H19NO4S3. The highest BCUT2D eigenvalue weighted by molar-refractivity contribution is 7.92. The maximum Gasteiger partial charge on any atom is 0.261 e. The molecule has 24 heavy (non-hydrogen) atoms. The lowest BCUT2D eigenvalue weighted by Gasteiger charge is -2.11. The molecule has 2 aromatic rings. The van der Waals surface area contributed by atoms with Crippen LogP contribution in [0, 0.1) is 6.92 Å². The molecule has 2 aromatic heterocycles. The van der Waals surface area contributed by atoms with Gasteiger partial charge in [0.2, 0.25) is 0 Å². The lowest BCUT2D eigenvalue weighted by Crippen LogP contribution is -2.33. The van der Waals surface area contributed by atoms with Crippen molar-refractivity contribution in [3.63, 3.8) is 0 Å². The molecular weight excluding hydrogens is 366 g/mol. The van der Waals surface area contributed by atoms with Gasteiger partial charge in [-0.15, -0.1) is 22.7 Å². The van der Waals surface area contributed by atoms with Crippen LogP contribution < -0.4 is 5.32 Å². The van der Waals surface area contributed by atoms with Crippen LogP contribution in [0.4, 0.5) is 0 Å². The maximum atomic E-state index is 12.2. The van der Waals surface area contributed by atoms with E-state index in [1.54, 1.807) is 17.4 Å². The smallest absolute Gasteiger partial charge is 0.261 e. The van der Waals surface area contributed by atoms with E-state index in [1.807, 2.05) is 25.1 Å². The first-order valence-corrected chi connectivity index (χ1v) is 10.9. The summed E-state index contributed by atoms with van der Waals surface area (Å²) in [5, 5.41) is 1.62. The number of nitrogens with one attached hydrogen (secondary N) is 1. The largest absolute Gasteiger partial charge is 0.351 e. The Bertz CT molecular complexity index is 848. The number of aryl methyl sites for hydroxylation is 1. The van der Waals surface area contributed by atoms with E-state index in [1.165, 1.54) is 23.1 Å². The minimum Gasteiger partial charge on any atom is -0.351 e. The van der Waals surface area contributed by atoms with E-state index in [0.717, 1.165) is 16.0 Å². The first-order chi connectivity index (χ1) is 11.2. The Hall–Kier alpha value is -1.51. The van der Waals surface area contributed by atoms with Crippen LogP contribution in [0.3, 0.4) is 0 Å². The number of ketones is 1. The number of sulfone groups is 1. The van der Waals surface area contributed by atoms with Gasteiger partial charge in [0.1, 0.15) is 11.0 Å². The summed E-state index contributed by atoms with van der Waals surface area (Å²) in [6, 6.07) is 7.72. The van der Waals surface area contributed by atoms with Gasteiger partial charge in [0.15, 0.2) is 9.84 Å². The third kappa shape index (κ3) is 4.75. The topological polar surface area (TPSA) is 80.3 Å². The van der Waals surface area contributed by atoms with Crippen LogP contribution >= 0.6 is 22.7 Å². The van der Waals surface area contributed by atoms with Crippen molar-refractivity contribution in [3.8, 4) is 9.75 Å². The van der Waals surface area contributed by atoms with E-state index in [0.29, 0.717) is 4.88 Å². The van der Waals surface area contributed by atoms with E-state index in [9.17, 15) is 18.0 Å². The van der Waals surface area contributed by atoms with Crippen LogP contribution in [0.5, 0.6) is 0 Å². The van der Waals surface area contributed by atoms with E-state index < -0.39 is 20.9 Å². The van der Waals surface area contributed by atoms with Crippen LogP contribution in [0.2, 0.25) is 0 Å². The van der Waals surface area contributed by atoms with Crippen molar-refractivity contribution in [3.05, 3.63) is 34.0 Å². The molecule has 1 N–H and O–H groups in total. The van der Waals surface area contributed by atoms with Crippen molar-refractivity contribution in [1.29, 1.82) is 0 Å². The van der Waals surface area contributed by atoms with Gasteiger partial charge in [-0.1, -0.05) is 0 Å². The fourth-order valence-corrected chi connectivity index (χ4v) is 5.31. The van der Waals surface area contributed by atoms with E-state index in [2.05, 4.69) is 5.32 Å². The summed E-state index contributed by atoms with van der Waals surface area (Å²) in [7, 11) is -3.45. The molecule has 130 valence electrons. The Balaban J connectivity index is 1.96. The normalized spacial score (nSPS) is 12.8. The van der Waals surface area contributed by atoms with Gasteiger partial charge in [0.25, 0.3) is 5.91 Å². The number of thiophene rings is 2. The molecule has 0 fully saturated rings. The molecule has 0 saturated heterocycles. The number of carbonyl (C=O) groups excluding carboxylic acids is 2. The molecule has 2 heterocycles. The van der Waals surface area contributed by atoms with Gasteiger partial charge in [-0.2, -0.15) is 0 Å². The van der Waals surface area contributed by atoms with Gasteiger partial charge in [0, 0.05) is 27.4 Å². The number of hydrogen-bond acceptors (Lipinski definition) is 6. The quantitative estimate of drug-likeness (QED) is 0.795. The zero-order valence-electron chi connectivity index (χ0n) is 13.7. The molecule has 1 amide bonds. The lowest BCUT2D eigenvalue weighted by molar-refractivity contribution is -0.116. The highest BCUT2D eigenvalue weighted by Gasteiger charge is 2.25. The zero-order valence-corrected chi connectivity index (χ0v) is 16.1. The fraction of sp³-hybridized carbons (Fsp3) is 0.375. The Morgan fingerprint density at radius 1 is 1.12 bits per heavy atom. The summed E-state index contributed by atoms with van der Waals surface area (Å²) in [4.78, 5) is 27.5. The molecule has 0 aliphatic carbocycles. The van der Waals surface area contributed by atoms with Crippen LogP contribution in [0.1, 0.15) is 27.9 Å². The maximum absolute atomic E-state index is 12.2. The average molecular weight is 386 g/mol. The Kier molecular flexibility index (Phi) is 5.95. The van der Waals surface area contributed by atoms with Crippen molar-refractivity contribution >= 4 is 44.2 Å². The molecule has 2 rings (SSSR count). The van der Waals surface area contributed by atoms with Crippen LogP contribution in [-0.4, -0.2) is 38.2 Å². The van der Waals surface area contributed by atoms with Crippen molar-refractivity contribution < 1.29 is 18.0 Å². The van der Waals surface area contributed by atoms with E-state index >= 15 is 0 Å². The molecule has 0 spiro atoms. The average Bonchev–Trinajstić information content (AvgIpc) is 3.09. The zero-order chi connectivity index (χ0) is 17.9. The fourth-order valence-electron chi connectivity index (χ4n) is 2.28. The molecule has 0 saturated carbocycles. The summed E-state index contributed by atoms with van der Waals surface area (Å²) in [5.74, 6) is -0.659. The minimum atomic E-state index is -3.45. The SMILES string of the molecule is CC(=O)C(CCNC(=O)c1ccc(-c2ccc(C)s2)s1)S(C)(=O)=O. The van der Waals surface area contributed by atoms with Crippen molar-refractivity contribution in [2.24, 2.45) is 0 Å². The first kappa shape index (κ1) is 18.8. The van der Waals surface area contributed by atoms with Crippen LogP contribution in [0.25, 0.3) is 9.75 Å². The van der Waals surface area contributed by atoms with E-state index in [-0.39, 0.29) is 18.9 Å². The summed E-state index contributed by atoms with van der Waals surface area (Å²) in [6.07, 6.45) is 1.12. The molecule has 0 bridgehead atoms. The third-order valence-corrected chi connectivity index (χ3v) is 7.36. The minimum absolute atomic E-state index is 0.0856. The molecule has 1 unspecified atom stereocenters. The number of rotatable bonds is 7. The highest BCUT2D eigenvalue weighted by Crippen LogP contribution is 2.33. The highest BCUT2D eigenvalue weighted by atomic mass is 32.2. The second kappa shape index (κ2) is 7.58. The molecule has 0 radical (unpaired) electrons. The second-order valence-corrected chi connectivity index (χ2v) is 10.1. The third-order valence-electron chi connectivity index (χ3n) is 3.48. The summed E-state index contributed by atoms with van der Waals surface area (Å²) in [6.45, 7) is 3.42. The summed E-state index contributed by atoms with van der Waals surface area (Å²) >= 11 is 3.06. The van der Waals surface area contributed by atoms with Gasteiger partial charge in [0.05, 0.1) is 4.88 Å². The van der Waals surface area contributed by atoms with Gasteiger partial charge >= 0.3 is 0 Å². The number of hydrogen-bond donors (Lipinski definition) is 1. The summed E-state index contributed by atoms with van der Waals surface area (Å²) in [5.41, 5.74) is 0. The van der Waals surface area contributed by atoms with Crippen molar-refractivity contribution in [2.75, 3.05) is 12.8 Å². The molecule has 8 heteroatoms. The standard InChI is InChI=1S/C16H19NO4S3/c1-10-4-5-12(22-10)13-6-7-14(23-13)16(19)17-9-8-15(11(2)18)24(3,20)21/h4-7,15H,8-9H2,1-3H3,(H,17,19). The van der Waals surface area contributed by atoms with Crippen molar-refractivity contribution in [1.82, 2.24) is 5.32 Å².